The Morgan fingerprint density at radius 3 is 2.24 bits per heavy atom. The Balaban J connectivity index is 1.55. The van der Waals surface area contributed by atoms with Gasteiger partial charge < -0.3 is 26.0 Å². The zero-order valence-electron chi connectivity index (χ0n) is 19.3. The summed E-state index contributed by atoms with van der Waals surface area (Å²) in [5.41, 5.74) is -0.654. The number of carboxylic acids is 1. The second kappa shape index (κ2) is 9.93. The van der Waals surface area contributed by atoms with Gasteiger partial charge in [-0.3, -0.25) is 9.59 Å². The normalized spacial score (nSPS) is 22.9. The molecule has 10 heteroatoms. The summed E-state index contributed by atoms with van der Waals surface area (Å²) >= 11 is 0. The average Bonchev–Trinajstić information content (AvgIpc) is 3.55. The maximum Gasteiger partial charge on any atom is 0.318 e. The number of hydrogen-bond acceptors (Lipinski definition) is 4. The predicted octanol–water partition coefficient (Wildman–Crippen LogP) is 3.55. The van der Waals surface area contributed by atoms with Crippen LogP contribution in [-0.4, -0.2) is 64.7 Å². The van der Waals surface area contributed by atoms with Crippen molar-refractivity contribution in [3.8, 4) is 0 Å². The van der Waals surface area contributed by atoms with Gasteiger partial charge in [-0.25, -0.2) is 13.6 Å². The summed E-state index contributed by atoms with van der Waals surface area (Å²) in [6, 6.07) is -1.89. The molecule has 186 valence electrons. The Bertz CT molecular complexity index is 754. The molecule has 3 aliphatic rings. The SMILES string of the molecule is CCC(F)(F)C[C@H](NC(=O)N1CCC2(CCC(CC(=O)O)CC2)CC1)C(=O)NC1(C=N)CC1. The number of likely N-dealkylation sites (tertiary alicyclic amines) is 1. The molecule has 1 aliphatic heterocycles. The van der Waals surface area contributed by atoms with Crippen LogP contribution in [0.4, 0.5) is 13.6 Å². The highest BCUT2D eigenvalue weighted by Gasteiger charge is 2.45. The molecule has 3 fully saturated rings. The molecule has 1 heterocycles. The lowest BCUT2D eigenvalue weighted by Gasteiger charge is -2.46. The third-order valence-electron chi connectivity index (χ3n) is 7.81. The molecule has 2 saturated carbocycles. The number of aliphatic carboxylic acids is 1. The van der Waals surface area contributed by atoms with Crippen molar-refractivity contribution >= 4 is 24.1 Å². The molecule has 0 unspecified atom stereocenters. The Morgan fingerprint density at radius 1 is 1.15 bits per heavy atom. The number of halogens is 2. The van der Waals surface area contributed by atoms with Gasteiger partial charge in [-0.2, -0.15) is 0 Å². The molecule has 1 atom stereocenters. The molecule has 0 bridgehead atoms. The lowest BCUT2D eigenvalue weighted by molar-refractivity contribution is -0.138. The summed E-state index contributed by atoms with van der Waals surface area (Å²) in [6.07, 6.45) is 6.52. The van der Waals surface area contributed by atoms with Gasteiger partial charge in [0.25, 0.3) is 0 Å². The number of alkyl halides is 2. The zero-order valence-corrected chi connectivity index (χ0v) is 19.3. The molecule has 0 radical (unpaired) electrons. The van der Waals surface area contributed by atoms with E-state index in [1.807, 2.05) is 0 Å². The number of nitrogens with one attached hydrogen (secondary N) is 3. The maximum absolute atomic E-state index is 14.1. The monoisotopic (exact) mass is 470 g/mol. The standard InChI is InChI=1S/C23H36F2N4O4/c1-2-23(24,25)14-17(19(32)28-22(15-26)7-8-22)27-20(33)29-11-9-21(10-12-29)5-3-16(4-6-21)13-18(30)31/h15-17,26H,2-14H2,1H3,(H,27,33)(H,28,32)(H,30,31)/t17-/m0/s1. The highest BCUT2D eigenvalue weighted by Crippen LogP contribution is 2.47. The zero-order chi connectivity index (χ0) is 24.3. The predicted molar refractivity (Wildman–Crippen MR) is 119 cm³/mol. The number of piperidine rings is 1. The van der Waals surface area contributed by atoms with Gasteiger partial charge in [-0.1, -0.05) is 6.92 Å². The number of carboxylic acid groups (broad SMARTS) is 1. The van der Waals surface area contributed by atoms with Crippen LogP contribution in [0.1, 0.15) is 77.6 Å². The van der Waals surface area contributed by atoms with E-state index in [0.29, 0.717) is 25.9 Å². The van der Waals surface area contributed by atoms with Crippen LogP contribution in [-0.2, 0) is 9.59 Å². The van der Waals surface area contributed by atoms with Crippen LogP contribution in [0.15, 0.2) is 0 Å². The molecule has 3 amide bonds. The van der Waals surface area contributed by atoms with E-state index in [-0.39, 0.29) is 17.8 Å². The van der Waals surface area contributed by atoms with Gasteiger partial charge in [0.2, 0.25) is 11.8 Å². The largest absolute Gasteiger partial charge is 0.481 e. The summed E-state index contributed by atoms with van der Waals surface area (Å²) < 4.78 is 28.2. The van der Waals surface area contributed by atoms with Crippen LogP contribution in [0.25, 0.3) is 0 Å². The molecule has 4 N–H and O–H groups in total. The highest BCUT2D eigenvalue weighted by atomic mass is 19.3. The van der Waals surface area contributed by atoms with Crippen LogP contribution >= 0.6 is 0 Å². The van der Waals surface area contributed by atoms with Crippen LogP contribution in [0.5, 0.6) is 0 Å². The fourth-order valence-corrected chi connectivity index (χ4v) is 5.09. The average molecular weight is 471 g/mol. The summed E-state index contributed by atoms with van der Waals surface area (Å²) in [7, 11) is 0. The molecule has 3 rings (SSSR count). The fraction of sp³-hybridized carbons (Fsp3) is 0.826. The Morgan fingerprint density at radius 2 is 1.76 bits per heavy atom. The lowest BCUT2D eigenvalue weighted by Crippen LogP contribution is -2.56. The minimum absolute atomic E-state index is 0.111. The van der Waals surface area contributed by atoms with Gasteiger partial charge in [0, 0.05) is 38.6 Å². The first-order valence-electron chi connectivity index (χ1n) is 12.0. The van der Waals surface area contributed by atoms with Crippen molar-refractivity contribution in [1.82, 2.24) is 15.5 Å². The Labute approximate surface area is 193 Å². The molecule has 1 saturated heterocycles. The quantitative estimate of drug-likeness (QED) is 0.385. The van der Waals surface area contributed by atoms with Gasteiger partial charge in [0.1, 0.15) is 6.04 Å². The van der Waals surface area contributed by atoms with E-state index in [1.165, 1.54) is 6.92 Å². The van der Waals surface area contributed by atoms with Gasteiger partial charge in [-0.15, -0.1) is 0 Å². The second-order valence-electron chi connectivity index (χ2n) is 10.2. The minimum atomic E-state index is -3.09. The summed E-state index contributed by atoms with van der Waals surface area (Å²) in [5, 5.41) is 21.6. The number of urea groups is 1. The van der Waals surface area contributed by atoms with E-state index < -0.39 is 48.3 Å². The van der Waals surface area contributed by atoms with E-state index in [2.05, 4.69) is 10.6 Å². The number of carbonyl (C=O) groups excluding carboxylic acids is 2. The molecular weight excluding hydrogens is 434 g/mol. The van der Waals surface area contributed by atoms with Crippen molar-refractivity contribution < 1.29 is 28.3 Å². The lowest BCUT2D eigenvalue weighted by atomic mass is 9.65. The molecule has 1 spiro atoms. The molecule has 0 aromatic carbocycles. The summed E-state index contributed by atoms with van der Waals surface area (Å²) in [4.78, 5) is 38.1. The fourth-order valence-electron chi connectivity index (χ4n) is 5.09. The Kier molecular flexibility index (Phi) is 7.63. The smallest absolute Gasteiger partial charge is 0.318 e. The third-order valence-corrected chi connectivity index (χ3v) is 7.81. The van der Waals surface area contributed by atoms with Gasteiger partial charge in [-0.05, 0) is 62.7 Å². The summed E-state index contributed by atoms with van der Waals surface area (Å²) in [6.45, 7) is 2.31. The van der Waals surface area contributed by atoms with Gasteiger partial charge in [0.05, 0.1) is 5.54 Å². The topological polar surface area (TPSA) is 123 Å². The molecule has 0 aromatic rings. The van der Waals surface area contributed by atoms with E-state index in [1.54, 1.807) is 4.90 Å². The molecule has 2 aliphatic carbocycles. The van der Waals surface area contributed by atoms with Crippen LogP contribution in [0, 0.1) is 16.7 Å². The van der Waals surface area contributed by atoms with E-state index in [9.17, 15) is 23.2 Å². The van der Waals surface area contributed by atoms with Gasteiger partial charge in [0.15, 0.2) is 0 Å². The number of rotatable bonds is 9. The van der Waals surface area contributed by atoms with E-state index in [0.717, 1.165) is 44.7 Å². The number of carbonyl (C=O) groups is 3. The van der Waals surface area contributed by atoms with E-state index in [4.69, 9.17) is 10.5 Å². The van der Waals surface area contributed by atoms with Crippen molar-refractivity contribution in [3.05, 3.63) is 0 Å². The van der Waals surface area contributed by atoms with Crippen molar-refractivity contribution in [3.63, 3.8) is 0 Å². The Hall–Kier alpha value is -2.26. The maximum atomic E-state index is 14.1. The minimum Gasteiger partial charge on any atom is -0.481 e. The first-order valence-corrected chi connectivity index (χ1v) is 12.0. The van der Waals surface area contributed by atoms with Crippen LogP contribution < -0.4 is 10.6 Å². The third kappa shape index (κ3) is 6.63. The van der Waals surface area contributed by atoms with Crippen LogP contribution in [0.3, 0.4) is 0 Å². The van der Waals surface area contributed by atoms with Crippen molar-refractivity contribution in [2.24, 2.45) is 11.3 Å². The van der Waals surface area contributed by atoms with Gasteiger partial charge >= 0.3 is 12.0 Å². The van der Waals surface area contributed by atoms with Crippen molar-refractivity contribution in [2.75, 3.05) is 13.1 Å². The molecule has 8 nitrogen and oxygen atoms in total. The van der Waals surface area contributed by atoms with Crippen LogP contribution in [0.2, 0.25) is 0 Å². The van der Waals surface area contributed by atoms with Crippen molar-refractivity contribution in [2.45, 2.75) is 95.1 Å². The van der Waals surface area contributed by atoms with E-state index >= 15 is 0 Å². The molecule has 33 heavy (non-hydrogen) atoms. The second-order valence-corrected chi connectivity index (χ2v) is 10.2. The van der Waals surface area contributed by atoms with Crippen molar-refractivity contribution in [1.29, 1.82) is 5.41 Å². The first kappa shape index (κ1) is 25.4. The number of amides is 3. The number of nitrogens with zero attached hydrogens (tertiary/aromatic N) is 1. The first-order chi connectivity index (χ1) is 15.5. The summed E-state index contributed by atoms with van der Waals surface area (Å²) in [5.74, 6) is -4.31. The molecule has 0 aromatic heterocycles. The number of hydrogen-bond donors (Lipinski definition) is 4. The molecular formula is C23H36F2N4O4. The highest BCUT2D eigenvalue weighted by molar-refractivity contribution is 5.91.